The maximum absolute atomic E-state index is 3.88. The average molecular weight is 280 g/mol. The van der Waals surface area contributed by atoms with Crippen LogP contribution in [0.5, 0.6) is 0 Å². The predicted octanol–water partition coefficient (Wildman–Crippen LogP) is 4.20. The summed E-state index contributed by atoms with van der Waals surface area (Å²) >= 11 is 0. The largest absolute Gasteiger partial charge is 0.312 e. The molecule has 2 aliphatic carbocycles. The summed E-state index contributed by atoms with van der Waals surface area (Å²) in [6.45, 7) is 12.0. The van der Waals surface area contributed by atoms with Gasteiger partial charge in [-0.25, -0.2) is 0 Å². The van der Waals surface area contributed by atoms with Crippen molar-refractivity contribution in [2.24, 2.45) is 5.41 Å². The topological polar surface area (TPSA) is 15.3 Å². The molecular weight excluding hydrogens is 244 g/mol. The van der Waals surface area contributed by atoms with E-state index in [0.29, 0.717) is 11.5 Å². The summed E-state index contributed by atoms with van der Waals surface area (Å²) in [5, 5.41) is 3.88. The maximum atomic E-state index is 3.88. The Bertz CT molecular complexity index is 281. The van der Waals surface area contributed by atoms with E-state index in [1.807, 2.05) is 0 Å². The lowest BCUT2D eigenvalue weighted by Gasteiger charge is -2.42. The van der Waals surface area contributed by atoms with Gasteiger partial charge in [0.1, 0.15) is 0 Å². The quantitative estimate of drug-likeness (QED) is 0.784. The number of nitrogens with zero attached hydrogens (tertiary/aromatic N) is 1. The first-order valence-electron chi connectivity index (χ1n) is 9.09. The first-order chi connectivity index (χ1) is 9.60. The lowest BCUT2D eigenvalue weighted by Crippen LogP contribution is -2.55. The summed E-state index contributed by atoms with van der Waals surface area (Å²) < 4.78 is 0. The molecule has 2 heteroatoms. The van der Waals surface area contributed by atoms with Crippen LogP contribution in [0.4, 0.5) is 0 Å². The van der Waals surface area contributed by atoms with E-state index in [9.17, 15) is 0 Å². The van der Waals surface area contributed by atoms with Crippen molar-refractivity contribution in [1.29, 1.82) is 0 Å². The summed E-state index contributed by atoms with van der Waals surface area (Å²) in [7, 11) is 0. The van der Waals surface area contributed by atoms with Gasteiger partial charge in [0.25, 0.3) is 0 Å². The van der Waals surface area contributed by atoms with Crippen LogP contribution in [0.1, 0.15) is 79.1 Å². The Hall–Kier alpha value is -0.0800. The highest BCUT2D eigenvalue weighted by Gasteiger charge is 2.45. The van der Waals surface area contributed by atoms with Crippen LogP contribution in [-0.4, -0.2) is 36.1 Å². The van der Waals surface area contributed by atoms with Gasteiger partial charge in [-0.3, -0.25) is 4.90 Å². The van der Waals surface area contributed by atoms with E-state index in [4.69, 9.17) is 0 Å². The molecule has 2 unspecified atom stereocenters. The smallest absolute Gasteiger partial charge is 0.0274 e. The molecule has 2 nitrogen and oxygen atoms in total. The van der Waals surface area contributed by atoms with Crippen LogP contribution in [0, 0.1) is 5.41 Å². The number of likely N-dealkylation sites (N-methyl/N-ethyl adjacent to an activating group) is 1. The zero-order valence-electron chi connectivity index (χ0n) is 14.3. The Labute approximate surface area is 126 Å². The summed E-state index contributed by atoms with van der Waals surface area (Å²) in [5.74, 6) is 0. The number of nitrogens with one attached hydrogen (secondary N) is 1. The van der Waals surface area contributed by atoms with Gasteiger partial charge in [-0.15, -0.1) is 0 Å². The molecule has 0 heterocycles. The fourth-order valence-electron chi connectivity index (χ4n) is 4.61. The highest BCUT2D eigenvalue weighted by atomic mass is 15.2. The summed E-state index contributed by atoms with van der Waals surface area (Å²) in [6, 6.07) is 2.31. The van der Waals surface area contributed by atoms with E-state index in [1.165, 1.54) is 64.5 Å². The second-order valence-electron chi connectivity index (χ2n) is 7.65. The van der Waals surface area contributed by atoms with Gasteiger partial charge in [-0.1, -0.05) is 47.0 Å². The molecule has 0 saturated heterocycles. The minimum Gasteiger partial charge on any atom is -0.312 e. The third kappa shape index (κ3) is 3.57. The monoisotopic (exact) mass is 280 g/mol. The first kappa shape index (κ1) is 16.3. The average Bonchev–Trinajstić information content (AvgIpc) is 2.74. The van der Waals surface area contributed by atoms with Gasteiger partial charge in [0.05, 0.1) is 0 Å². The third-order valence-electron chi connectivity index (χ3n) is 5.76. The van der Waals surface area contributed by atoms with Crippen molar-refractivity contribution in [3.63, 3.8) is 0 Å². The van der Waals surface area contributed by atoms with Crippen molar-refractivity contribution >= 4 is 0 Å². The second kappa shape index (κ2) is 7.26. The van der Waals surface area contributed by atoms with Gasteiger partial charge in [0.15, 0.2) is 0 Å². The Morgan fingerprint density at radius 2 is 1.75 bits per heavy atom. The molecule has 0 bridgehead atoms. The van der Waals surface area contributed by atoms with E-state index >= 15 is 0 Å². The van der Waals surface area contributed by atoms with Crippen molar-refractivity contribution < 1.29 is 0 Å². The zero-order chi connectivity index (χ0) is 14.6. The Morgan fingerprint density at radius 3 is 2.35 bits per heavy atom. The number of hydrogen-bond acceptors (Lipinski definition) is 2. The molecule has 0 amide bonds. The lowest BCUT2D eigenvalue weighted by molar-refractivity contribution is 0.0830. The second-order valence-corrected chi connectivity index (χ2v) is 7.65. The highest BCUT2D eigenvalue weighted by Crippen LogP contribution is 2.41. The Kier molecular flexibility index (Phi) is 5.92. The molecule has 2 atom stereocenters. The van der Waals surface area contributed by atoms with Crippen molar-refractivity contribution in [3.8, 4) is 0 Å². The third-order valence-corrected chi connectivity index (χ3v) is 5.76. The van der Waals surface area contributed by atoms with E-state index in [-0.39, 0.29) is 0 Å². The molecule has 118 valence electrons. The number of hydrogen-bond donors (Lipinski definition) is 1. The number of rotatable bonds is 6. The molecule has 0 spiro atoms. The molecule has 0 aromatic carbocycles. The minimum absolute atomic E-state index is 0.460. The normalized spacial score (nSPS) is 31.1. The van der Waals surface area contributed by atoms with Crippen LogP contribution in [-0.2, 0) is 0 Å². The van der Waals surface area contributed by atoms with Crippen LogP contribution < -0.4 is 5.32 Å². The van der Waals surface area contributed by atoms with E-state index in [0.717, 1.165) is 12.1 Å². The van der Waals surface area contributed by atoms with Gasteiger partial charge < -0.3 is 5.32 Å². The molecule has 2 fully saturated rings. The first-order valence-corrected chi connectivity index (χ1v) is 9.09. The van der Waals surface area contributed by atoms with Crippen LogP contribution in [0.25, 0.3) is 0 Å². The van der Waals surface area contributed by atoms with Crippen LogP contribution in [0.2, 0.25) is 0 Å². The lowest BCUT2D eigenvalue weighted by atomic mass is 9.85. The molecule has 0 aromatic heterocycles. The Morgan fingerprint density at radius 1 is 1.05 bits per heavy atom. The molecule has 2 saturated carbocycles. The summed E-state index contributed by atoms with van der Waals surface area (Å²) in [5.41, 5.74) is 0.460. The van der Waals surface area contributed by atoms with Crippen molar-refractivity contribution in [2.75, 3.05) is 13.1 Å². The predicted molar refractivity (Wildman–Crippen MR) is 88.1 cm³/mol. The fraction of sp³-hybridized carbons (Fsp3) is 1.00. The maximum Gasteiger partial charge on any atom is 0.0274 e. The standard InChI is InChI=1S/C18H36N2/c1-5-14-19-17-16(12-13-18(17,3)4)20(6-2)15-10-8-7-9-11-15/h15-17,19H,5-14H2,1-4H3. The summed E-state index contributed by atoms with van der Waals surface area (Å²) in [6.07, 6.45) is 11.2. The van der Waals surface area contributed by atoms with Gasteiger partial charge in [0, 0.05) is 18.1 Å². The van der Waals surface area contributed by atoms with Gasteiger partial charge >= 0.3 is 0 Å². The zero-order valence-corrected chi connectivity index (χ0v) is 14.3. The SMILES string of the molecule is CCCNC1C(N(CC)C2CCCCC2)CCC1(C)C. The molecule has 20 heavy (non-hydrogen) atoms. The molecule has 1 N–H and O–H groups in total. The van der Waals surface area contributed by atoms with E-state index in [2.05, 4.69) is 37.9 Å². The van der Waals surface area contributed by atoms with Crippen LogP contribution in [0.3, 0.4) is 0 Å². The van der Waals surface area contributed by atoms with Crippen molar-refractivity contribution in [3.05, 3.63) is 0 Å². The van der Waals surface area contributed by atoms with Gasteiger partial charge in [-0.2, -0.15) is 0 Å². The molecular formula is C18H36N2. The summed E-state index contributed by atoms with van der Waals surface area (Å²) in [4.78, 5) is 2.86. The van der Waals surface area contributed by atoms with Gasteiger partial charge in [-0.05, 0) is 50.6 Å². The van der Waals surface area contributed by atoms with Crippen LogP contribution >= 0.6 is 0 Å². The van der Waals surface area contributed by atoms with Crippen LogP contribution in [0.15, 0.2) is 0 Å². The molecule has 0 aliphatic heterocycles. The minimum atomic E-state index is 0.460. The highest BCUT2D eigenvalue weighted by molar-refractivity contribution is 5.02. The van der Waals surface area contributed by atoms with Crippen molar-refractivity contribution in [2.45, 2.75) is 97.2 Å². The van der Waals surface area contributed by atoms with E-state index in [1.54, 1.807) is 0 Å². The molecule has 0 radical (unpaired) electrons. The van der Waals surface area contributed by atoms with Gasteiger partial charge in [0.2, 0.25) is 0 Å². The molecule has 2 rings (SSSR count). The fourth-order valence-corrected chi connectivity index (χ4v) is 4.61. The Balaban J connectivity index is 2.06. The van der Waals surface area contributed by atoms with E-state index < -0.39 is 0 Å². The van der Waals surface area contributed by atoms with Crippen molar-refractivity contribution in [1.82, 2.24) is 10.2 Å². The molecule has 2 aliphatic rings. The molecule has 0 aromatic rings.